The van der Waals surface area contributed by atoms with E-state index in [9.17, 15) is 4.79 Å². The molecule has 0 radical (unpaired) electrons. The van der Waals surface area contributed by atoms with Crippen molar-refractivity contribution >= 4 is 23.2 Å². The molecule has 0 spiro atoms. The molecule has 7 nitrogen and oxygen atoms in total. The predicted molar refractivity (Wildman–Crippen MR) is 94.6 cm³/mol. The number of aryl methyl sites for hydroxylation is 2. The number of carbonyl (C=O) groups excluding carboxylic acids is 1. The molecule has 0 unspecified atom stereocenters. The van der Waals surface area contributed by atoms with Crippen LogP contribution in [0.4, 0.5) is 5.69 Å². The van der Waals surface area contributed by atoms with Crippen LogP contribution in [0.3, 0.4) is 0 Å². The van der Waals surface area contributed by atoms with Crippen LogP contribution in [-0.4, -0.2) is 25.5 Å². The van der Waals surface area contributed by atoms with Gasteiger partial charge in [-0.05, 0) is 38.1 Å². The second-order valence-corrected chi connectivity index (χ2v) is 6.07. The molecule has 2 heterocycles. The Morgan fingerprint density at radius 2 is 2.16 bits per heavy atom. The van der Waals surface area contributed by atoms with Gasteiger partial charge >= 0.3 is 0 Å². The van der Waals surface area contributed by atoms with Crippen molar-refractivity contribution in [1.82, 2.24) is 19.6 Å². The van der Waals surface area contributed by atoms with E-state index in [-0.39, 0.29) is 19.2 Å². The normalized spacial score (nSPS) is 10.7. The van der Waals surface area contributed by atoms with Crippen molar-refractivity contribution in [1.29, 1.82) is 0 Å². The number of amides is 1. The van der Waals surface area contributed by atoms with Crippen LogP contribution in [0.25, 0.3) is 0 Å². The van der Waals surface area contributed by atoms with Crippen LogP contribution in [0.5, 0.6) is 5.75 Å². The van der Waals surface area contributed by atoms with Gasteiger partial charge in [-0.1, -0.05) is 17.7 Å². The van der Waals surface area contributed by atoms with Crippen molar-refractivity contribution in [3.8, 4) is 5.75 Å². The summed E-state index contributed by atoms with van der Waals surface area (Å²) in [4.78, 5) is 12.1. The first kappa shape index (κ1) is 17.0. The molecule has 3 rings (SSSR count). The van der Waals surface area contributed by atoms with Gasteiger partial charge in [0.2, 0.25) is 5.91 Å². The minimum Gasteiger partial charge on any atom is -0.471 e. The lowest BCUT2D eigenvalue weighted by molar-refractivity contribution is -0.116. The third kappa shape index (κ3) is 4.60. The molecule has 0 saturated carbocycles. The van der Waals surface area contributed by atoms with Crippen molar-refractivity contribution in [2.45, 2.75) is 27.1 Å². The number of rotatable bonds is 6. The lowest BCUT2D eigenvalue weighted by atomic mass is 10.3. The summed E-state index contributed by atoms with van der Waals surface area (Å²) in [5.41, 5.74) is 2.43. The molecule has 0 saturated heterocycles. The molecule has 8 heteroatoms. The predicted octanol–water partition coefficient (Wildman–Crippen LogP) is 3.03. The largest absolute Gasteiger partial charge is 0.471 e. The highest BCUT2D eigenvalue weighted by Gasteiger charge is 2.09. The molecule has 3 aromatic rings. The summed E-state index contributed by atoms with van der Waals surface area (Å²) in [6.45, 7) is 4.18. The highest BCUT2D eigenvalue weighted by molar-refractivity contribution is 6.30. The van der Waals surface area contributed by atoms with Crippen LogP contribution in [0.15, 0.2) is 42.7 Å². The molecule has 0 bridgehead atoms. The zero-order valence-corrected chi connectivity index (χ0v) is 14.7. The molecular formula is C17H18ClN5O2. The van der Waals surface area contributed by atoms with Crippen molar-refractivity contribution in [2.24, 2.45) is 0 Å². The Bertz CT molecular complexity index is 887. The van der Waals surface area contributed by atoms with E-state index in [1.807, 2.05) is 32.0 Å². The maximum atomic E-state index is 12.1. The number of benzene rings is 1. The van der Waals surface area contributed by atoms with Gasteiger partial charge in [0.05, 0.1) is 23.8 Å². The second kappa shape index (κ2) is 7.40. The first-order valence-corrected chi connectivity index (χ1v) is 8.09. The fourth-order valence-corrected chi connectivity index (χ4v) is 2.55. The number of carbonyl (C=O) groups is 1. The van der Waals surface area contributed by atoms with E-state index < -0.39 is 0 Å². The molecule has 0 aliphatic heterocycles. The monoisotopic (exact) mass is 359 g/mol. The third-order valence-corrected chi connectivity index (χ3v) is 3.71. The Morgan fingerprint density at radius 1 is 1.32 bits per heavy atom. The van der Waals surface area contributed by atoms with Crippen LogP contribution in [0.2, 0.25) is 5.02 Å². The summed E-state index contributed by atoms with van der Waals surface area (Å²) in [6, 6.07) is 9.05. The zero-order chi connectivity index (χ0) is 17.8. The Kier molecular flexibility index (Phi) is 5.04. The van der Waals surface area contributed by atoms with Gasteiger partial charge in [-0.15, -0.1) is 0 Å². The van der Waals surface area contributed by atoms with Gasteiger partial charge in [0.15, 0.2) is 6.73 Å². The minimum absolute atomic E-state index is 0.157. The number of nitrogens with one attached hydrogen (secondary N) is 1. The first-order valence-electron chi connectivity index (χ1n) is 7.71. The van der Waals surface area contributed by atoms with E-state index in [0.717, 1.165) is 11.4 Å². The highest BCUT2D eigenvalue weighted by Crippen LogP contribution is 2.17. The highest BCUT2D eigenvalue weighted by atomic mass is 35.5. The number of halogens is 1. The number of anilines is 1. The van der Waals surface area contributed by atoms with Gasteiger partial charge in [0.1, 0.15) is 12.3 Å². The second-order valence-electron chi connectivity index (χ2n) is 5.63. The van der Waals surface area contributed by atoms with Gasteiger partial charge < -0.3 is 10.1 Å². The van der Waals surface area contributed by atoms with Gasteiger partial charge in [-0.2, -0.15) is 10.2 Å². The fraction of sp³-hybridized carbons (Fsp3) is 0.235. The Morgan fingerprint density at radius 3 is 2.88 bits per heavy atom. The standard InChI is InChI=1S/C17H18ClN5O2/c1-12-6-13(2)23(21-12)10-17(24)20-15-8-19-22(9-15)11-25-16-5-3-4-14(18)7-16/h3-9H,10-11H2,1-2H3,(H,20,24). The number of ether oxygens (including phenoxy) is 1. The Hall–Kier alpha value is -2.80. The third-order valence-electron chi connectivity index (χ3n) is 3.47. The average Bonchev–Trinajstić information content (AvgIpc) is 3.11. The summed E-state index contributed by atoms with van der Waals surface area (Å²) >= 11 is 5.91. The molecule has 1 amide bonds. The summed E-state index contributed by atoms with van der Waals surface area (Å²) in [7, 11) is 0. The topological polar surface area (TPSA) is 74.0 Å². The number of hydrogen-bond donors (Lipinski definition) is 1. The number of aromatic nitrogens is 4. The van der Waals surface area contributed by atoms with Crippen LogP contribution in [0.1, 0.15) is 11.4 Å². The molecule has 0 fully saturated rings. The summed E-state index contributed by atoms with van der Waals surface area (Å²) < 4.78 is 8.84. The molecule has 0 atom stereocenters. The molecule has 1 aromatic carbocycles. The Labute approximate surface area is 150 Å². The average molecular weight is 360 g/mol. The molecule has 1 N–H and O–H groups in total. The molecule has 130 valence electrons. The van der Waals surface area contributed by atoms with Crippen molar-refractivity contribution in [3.63, 3.8) is 0 Å². The van der Waals surface area contributed by atoms with Gasteiger partial charge in [0, 0.05) is 10.7 Å². The number of hydrogen-bond acceptors (Lipinski definition) is 4. The van der Waals surface area contributed by atoms with Gasteiger partial charge in [0.25, 0.3) is 0 Å². The lowest BCUT2D eigenvalue weighted by Gasteiger charge is -2.06. The minimum atomic E-state index is -0.165. The van der Waals surface area contributed by atoms with Crippen molar-refractivity contribution in [2.75, 3.05) is 5.32 Å². The maximum absolute atomic E-state index is 12.1. The molecular weight excluding hydrogens is 342 g/mol. The summed E-state index contributed by atoms with van der Waals surface area (Å²) in [5, 5.41) is 11.8. The SMILES string of the molecule is Cc1cc(C)n(CC(=O)Nc2cnn(COc3cccc(Cl)c3)c2)n1. The van der Waals surface area contributed by atoms with Crippen LogP contribution >= 0.6 is 11.6 Å². The quantitative estimate of drug-likeness (QED) is 0.734. The van der Waals surface area contributed by atoms with E-state index in [2.05, 4.69) is 15.5 Å². The lowest BCUT2D eigenvalue weighted by Crippen LogP contribution is -2.20. The van der Waals surface area contributed by atoms with Crippen molar-refractivity contribution in [3.05, 3.63) is 59.1 Å². The van der Waals surface area contributed by atoms with E-state index in [0.29, 0.717) is 16.5 Å². The molecule has 0 aliphatic carbocycles. The van der Waals surface area contributed by atoms with E-state index in [1.54, 1.807) is 33.9 Å². The summed E-state index contributed by atoms with van der Waals surface area (Å²) in [6.07, 6.45) is 3.27. The summed E-state index contributed by atoms with van der Waals surface area (Å²) in [5.74, 6) is 0.486. The smallest absolute Gasteiger partial charge is 0.246 e. The molecule has 0 aliphatic rings. The van der Waals surface area contributed by atoms with E-state index in [4.69, 9.17) is 16.3 Å². The van der Waals surface area contributed by atoms with Crippen LogP contribution < -0.4 is 10.1 Å². The fourth-order valence-electron chi connectivity index (χ4n) is 2.37. The maximum Gasteiger partial charge on any atom is 0.246 e. The molecule has 2 aromatic heterocycles. The van der Waals surface area contributed by atoms with Crippen molar-refractivity contribution < 1.29 is 9.53 Å². The van der Waals surface area contributed by atoms with E-state index in [1.165, 1.54) is 0 Å². The first-order chi connectivity index (χ1) is 12.0. The van der Waals surface area contributed by atoms with Crippen LogP contribution in [0, 0.1) is 13.8 Å². The van der Waals surface area contributed by atoms with Crippen LogP contribution in [-0.2, 0) is 18.1 Å². The Balaban J connectivity index is 1.54. The van der Waals surface area contributed by atoms with E-state index >= 15 is 0 Å². The van der Waals surface area contributed by atoms with Gasteiger partial charge in [-0.3, -0.25) is 9.48 Å². The molecule has 25 heavy (non-hydrogen) atoms. The van der Waals surface area contributed by atoms with Gasteiger partial charge in [-0.25, -0.2) is 4.68 Å². The number of nitrogens with zero attached hydrogens (tertiary/aromatic N) is 4. The zero-order valence-electron chi connectivity index (χ0n) is 13.9.